The van der Waals surface area contributed by atoms with Gasteiger partial charge in [-0.05, 0) is 32.3 Å². The molecular weight excluding hydrogens is 316 g/mol. The SMILES string of the molecule is CCOC(=O)CN(C)C(=O)C(CCSC)NS(=O)(=O)CC. The van der Waals surface area contributed by atoms with Gasteiger partial charge in [0.05, 0.1) is 12.4 Å². The number of amides is 1. The fourth-order valence-electron chi connectivity index (χ4n) is 1.51. The van der Waals surface area contributed by atoms with E-state index in [-0.39, 0.29) is 18.9 Å². The summed E-state index contributed by atoms with van der Waals surface area (Å²) in [5, 5.41) is 0. The molecule has 0 saturated heterocycles. The van der Waals surface area contributed by atoms with Gasteiger partial charge in [0, 0.05) is 7.05 Å². The van der Waals surface area contributed by atoms with Crippen molar-refractivity contribution in [3.63, 3.8) is 0 Å². The average molecular weight is 340 g/mol. The number of rotatable bonds is 10. The molecule has 0 aliphatic rings. The van der Waals surface area contributed by atoms with Gasteiger partial charge in [-0.3, -0.25) is 9.59 Å². The van der Waals surface area contributed by atoms with E-state index in [1.165, 1.54) is 30.6 Å². The van der Waals surface area contributed by atoms with Crippen molar-refractivity contribution in [2.45, 2.75) is 26.3 Å². The minimum atomic E-state index is -3.49. The summed E-state index contributed by atoms with van der Waals surface area (Å²) in [5.41, 5.74) is 0. The van der Waals surface area contributed by atoms with Crippen LogP contribution in [-0.2, 0) is 24.3 Å². The molecule has 0 bridgehead atoms. The second kappa shape index (κ2) is 10.0. The normalized spacial score (nSPS) is 12.8. The molecule has 0 aromatic rings. The number of hydrogen-bond donors (Lipinski definition) is 1. The van der Waals surface area contributed by atoms with Gasteiger partial charge in [0.1, 0.15) is 12.6 Å². The van der Waals surface area contributed by atoms with E-state index in [0.29, 0.717) is 12.2 Å². The highest BCUT2D eigenvalue weighted by Crippen LogP contribution is 2.06. The number of sulfonamides is 1. The largest absolute Gasteiger partial charge is 0.465 e. The van der Waals surface area contributed by atoms with E-state index in [9.17, 15) is 18.0 Å². The highest BCUT2D eigenvalue weighted by atomic mass is 32.2. The maximum absolute atomic E-state index is 12.3. The first kappa shape index (κ1) is 20.2. The van der Waals surface area contributed by atoms with Crippen molar-refractivity contribution in [2.24, 2.45) is 0 Å². The maximum Gasteiger partial charge on any atom is 0.325 e. The Labute approximate surface area is 130 Å². The standard InChI is InChI=1S/C12H24N2O5S2/c1-5-19-11(15)9-14(3)12(16)10(7-8-20-4)13-21(17,18)6-2/h10,13H,5-9H2,1-4H3. The Morgan fingerprint density at radius 2 is 1.95 bits per heavy atom. The third-order valence-electron chi connectivity index (χ3n) is 2.66. The summed E-state index contributed by atoms with van der Waals surface area (Å²) in [6, 6.07) is -0.859. The number of thioether (sulfide) groups is 1. The lowest BCUT2D eigenvalue weighted by Crippen LogP contribution is -2.49. The molecule has 0 spiro atoms. The van der Waals surface area contributed by atoms with Crippen LogP contribution in [0.2, 0.25) is 0 Å². The van der Waals surface area contributed by atoms with Crippen molar-refractivity contribution in [1.29, 1.82) is 0 Å². The first-order valence-corrected chi connectivity index (χ1v) is 9.71. The highest BCUT2D eigenvalue weighted by Gasteiger charge is 2.26. The van der Waals surface area contributed by atoms with Crippen molar-refractivity contribution >= 4 is 33.7 Å². The number of ether oxygens (including phenoxy) is 1. The molecule has 1 atom stereocenters. The van der Waals surface area contributed by atoms with Crippen LogP contribution in [0, 0.1) is 0 Å². The zero-order chi connectivity index (χ0) is 16.5. The van der Waals surface area contributed by atoms with Crippen LogP contribution >= 0.6 is 11.8 Å². The highest BCUT2D eigenvalue weighted by molar-refractivity contribution is 7.98. The molecule has 1 unspecified atom stereocenters. The molecule has 21 heavy (non-hydrogen) atoms. The van der Waals surface area contributed by atoms with Crippen molar-refractivity contribution in [1.82, 2.24) is 9.62 Å². The quantitative estimate of drug-likeness (QED) is 0.566. The number of esters is 1. The lowest BCUT2D eigenvalue weighted by Gasteiger charge is -2.23. The van der Waals surface area contributed by atoms with Crippen molar-refractivity contribution < 1.29 is 22.7 Å². The summed E-state index contributed by atoms with van der Waals surface area (Å²) in [5.74, 6) is -0.419. The Morgan fingerprint density at radius 1 is 1.33 bits per heavy atom. The second-order valence-electron chi connectivity index (χ2n) is 4.35. The molecule has 0 aliphatic carbocycles. The molecule has 1 N–H and O–H groups in total. The number of hydrogen-bond acceptors (Lipinski definition) is 6. The molecule has 0 heterocycles. The molecule has 0 fully saturated rings. The van der Waals surface area contributed by atoms with Gasteiger partial charge < -0.3 is 9.64 Å². The molecule has 0 aliphatic heterocycles. The van der Waals surface area contributed by atoms with Crippen LogP contribution in [0.5, 0.6) is 0 Å². The minimum absolute atomic E-state index is 0.0996. The molecule has 0 rings (SSSR count). The molecule has 0 radical (unpaired) electrons. The lowest BCUT2D eigenvalue weighted by atomic mass is 10.2. The second-order valence-corrected chi connectivity index (χ2v) is 7.38. The van der Waals surface area contributed by atoms with Gasteiger partial charge in [0.15, 0.2) is 0 Å². The fraction of sp³-hybridized carbons (Fsp3) is 0.833. The summed E-state index contributed by atoms with van der Waals surface area (Å²) in [7, 11) is -2.04. The predicted molar refractivity (Wildman–Crippen MR) is 83.7 cm³/mol. The molecule has 124 valence electrons. The number of nitrogens with one attached hydrogen (secondary N) is 1. The number of likely N-dealkylation sites (N-methyl/N-ethyl adjacent to an activating group) is 1. The first-order chi connectivity index (χ1) is 9.77. The third kappa shape index (κ3) is 8.27. The van der Waals surface area contributed by atoms with E-state index in [1.54, 1.807) is 6.92 Å². The van der Waals surface area contributed by atoms with E-state index in [1.807, 2.05) is 6.26 Å². The summed E-state index contributed by atoms with van der Waals surface area (Å²) in [6.45, 7) is 3.21. The number of nitrogens with zero attached hydrogens (tertiary/aromatic N) is 1. The maximum atomic E-state index is 12.3. The first-order valence-electron chi connectivity index (χ1n) is 6.66. The van der Waals surface area contributed by atoms with Gasteiger partial charge in [-0.15, -0.1) is 0 Å². The molecule has 7 nitrogen and oxygen atoms in total. The zero-order valence-corrected chi connectivity index (χ0v) is 14.6. The van der Waals surface area contributed by atoms with Crippen molar-refractivity contribution in [2.75, 3.05) is 38.0 Å². The summed E-state index contributed by atoms with van der Waals surface area (Å²) in [4.78, 5) is 24.8. The van der Waals surface area contributed by atoms with E-state index in [2.05, 4.69) is 4.72 Å². The lowest BCUT2D eigenvalue weighted by molar-refractivity contribution is -0.148. The van der Waals surface area contributed by atoms with Crippen LogP contribution in [0.25, 0.3) is 0 Å². The Morgan fingerprint density at radius 3 is 2.43 bits per heavy atom. The summed E-state index contributed by atoms with van der Waals surface area (Å²) >= 11 is 1.52. The van der Waals surface area contributed by atoms with Crippen molar-refractivity contribution in [3.8, 4) is 0 Å². The van der Waals surface area contributed by atoms with E-state index < -0.39 is 27.9 Å². The average Bonchev–Trinajstić information content (AvgIpc) is 2.42. The van der Waals surface area contributed by atoms with Gasteiger partial charge in [-0.1, -0.05) is 0 Å². The smallest absolute Gasteiger partial charge is 0.325 e. The summed E-state index contributed by atoms with van der Waals surface area (Å²) < 4.78 is 30.4. The van der Waals surface area contributed by atoms with Crippen LogP contribution in [0.3, 0.4) is 0 Å². The molecule has 0 aromatic heterocycles. The number of carbonyl (C=O) groups excluding carboxylic acids is 2. The summed E-state index contributed by atoms with van der Waals surface area (Å²) in [6.07, 6.45) is 2.24. The monoisotopic (exact) mass is 340 g/mol. The number of carbonyl (C=O) groups is 2. The Balaban J connectivity index is 4.81. The van der Waals surface area contributed by atoms with Crippen LogP contribution in [0.15, 0.2) is 0 Å². The topological polar surface area (TPSA) is 92.8 Å². The van der Waals surface area contributed by atoms with E-state index in [4.69, 9.17) is 4.74 Å². The van der Waals surface area contributed by atoms with Crippen molar-refractivity contribution in [3.05, 3.63) is 0 Å². The Hall–Kier alpha value is -0.800. The third-order valence-corrected chi connectivity index (χ3v) is 4.71. The Kier molecular flexibility index (Phi) is 9.63. The van der Waals surface area contributed by atoms with Gasteiger partial charge >= 0.3 is 5.97 Å². The van der Waals surface area contributed by atoms with E-state index in [0.717, 1.165) is 0 Å². The van der Waals surface area contributed by atoms with Gasteiger partial charge in [0.2, 0.25) is 15.9 Å². The molecule has 9 heteroatoms. The van der Waals surface area contributed by atoms with Crippen LogP contribution in [0.1, 0.15) is 20.3 Å². The molecule has 0 aromatic carbocycles. The fourth-order valence-corrected chi connectivity index (χ4v) is 2.80. The zero-order valence-electron chi connectivity index (χ0n) is 12.9. The van der Waals surface area contributed by atoms with Gasteiger partial charge in [0.25, 0.3) is 0 Å². The molecule has 0 saturated carbocycles. The van der Waals surface area contributed by atoms with Crippen LogP contribution in [0.4, 0.5) is 0 Å². The minimum Gasteiger partial charge on any atom is -0.465 e. The van der Waals surface area contributed by atoms with Crippen LogP contribution < -0.4 is 4.72 Å². The van der Waals surface area contributed by atoms with E-state index >= 15 is 0 Å². The van der Waals surface area contributed by atoms with Gasteiger partial charge in [-0.2, -0.15) is 11.8 Å². The predicted octanol–water partition coefficient (Wildman–Crippen LogP) is 0.0689. The van der Waals surface area contributed by atoms with Gasteiger partial charge in [-0.25, -0.2) is 13.1 Å². The van der Waals surface area contributed by atoms with Crippen LogP contribution in [-0.4, -0.2) is 69.2 Å². The Bertz CT molecular complexity index is 439. The molecule has 1 amide bonds. The molecular formula is C12H24N2O5S2.